The number of rotatable bonds is 10. The van der Waals surface area contributed by atoms with E-state index in [4.69, 9.17) is 15.2 Å². The first-order valence-electron chi connectivity index (χ1n) is 21.1. The Morgan fingerprint density at radius 2 is 1.08 bits per heavy atom. The highest BCUT2D eigenvalue weighted by Gasteiger charge is 2.35. The standard InChI is InChI=1S/C24H16F6N6O.C16H14F3N5O.C8H4F3NS.CH4/c1-36-19-7-6-15(10-17(19)34-22(36)33-14-4-2-13(3-5-14)23(25,26)27)37-16-8-9-31-18(11-16)21-32-12-20(35-21)24(28,29)30;1-21-12-3-2-9(6-11(12)20)25-10-4-5-22-13(7-10)15-23-8-14(24-15)16(17,18)19;9-8(10,11)6-1-3-7(4-2-6)12-5-13;/h2-12H,1H3,(H,32,35)(H,33,34);2-8,21H,20H2,1H3,(H,23,24);1-4H;1H4. The lowest BCUT2D eigenvalue weighted by molar-refractivity contribution is -0.141. The summed E-state index contributed by atoms with van der Waals surface area (Å²) in [4.78, 5) is 27.9. The van der Waals surface area contributed by atoms with E-state index in [1.54, 1.807) is 61.1 Å². The minimum atomic E-state index is -4.56. The molecular weight excluding hydrogens is 1050 g/mol. The Bertz CT molecular complexity index is 3460. The third-order valence-electron chi connectivity index (χ3n) is 10.2. The number of nitrogens with zero attached hydrogens (tertiary/aromatic N) is 7. The van der Waals surface area contributed by atoms with Gasteiger partial charge in [-0.2, -0.15) is 57.7 Å². The third kappa shape index (κ3) is 14.4. The van der Waals surface area contributed by atoms with E-state index in [-0.39, 0.29) is 30.5 Å². The van der Waals surface area contributed by atoms with Gasteiger partial charge in [0, 0.05) is 56.4 Å². The molecule has 0 saturated heterocycles. The molecular formula is C49H38F12N12O2S. The van der Waals surface area contributed by atoms with Gasteiger partial charge in [-0.1, -0.05) is 7.43 Å². The molecule has 0 aliphatic rings. The molecule has 14 nitrogen and oxygen atoms in total. The topological polar surface area (TPSA) is 182 Å². The van der Waals surface area contributed by atoms with Crippen molar-refractivity contribution in [1.82, 2.24) is 39.5 Å². The average Bonchev–Trinajstić information content (AvgIpc) is 4.13. The normalized spacial score (nSPS) is 11.5. The molecule has 76 heavy (non-hydrogen) atoms. The second-order valence-corrected chi connectivity index (χ2v) is 15.5. The zero-order chi connectivity index (χ0) is 54.3. The van der Waals surface area contributed by atoms with Crippen LogP contribution in [0.1, 0.15) is 29.9 Å². The number of isothiocyanates is 1. The summed E-state index contributed by atoms with van der Waals surface area (Å²) in [6.07, 6.45) is -13.6. The fourth-order valence-electron chi connectivity index (χ4n) is 6.51. The molecule has 27 heteroatoms. The fourth-order valence-corrected chi connectivity index (χ4v) is 6.61. The number of aryl methyl sites for hydroxylation is 1. The molecule has 0 saturated carbocycles. The summed E-state index contributed by atoms with van der Waals surface area (Å²) in [5, 5.41) is 8.00. The second kappa shape index (κ2) is 23.1. The second-order valence-electron chi connectivity index (χ2n) is 15.3. The Morgan fingerprint density at radius 1 is 0.605 bits per heavy atom. The van der Waals surface area contributed by atoms with Crippen LogP contribution in [0.15, 0.2) is 139 Å². The highest BCUT2D eigenvalue weighted by Crippen LogP contribution is 2.36. The van der Waals surface area contributed by atoms with Gasteiger partial charge in [-0.25, -0.2) is 15.0 Å². The number of thiocarbonyl (C=S) groups is 1. The number of aliphatic imine (C=N–C) groups is 1. The number of aromatic nitrogens is 8. The Hall–Kier alpha value is -8.97. The molecule has 9 rings (SSSR count). The Labute approximate surface area is 427 Å². The molecule has 0 radical (unpaired) electrons. The van der Waals surface area contributed by atoms with E-state index in [1.807, 2.05) is 0 Å². The molecule has 396 valence electrons. The van der Waals surface area contributed by atoms with Gasteiger partial charge < -0.3 is 40.4 Å². The number of hydrogen-bond donors (Lipinski definition) is 5. The van der Waals surface area contributed by atoms with Crippen LogP contribution in [0, 0.1) is 0 Å². The summed E-state index contributed by atoms with van der Waals surface area (Å²) in [7, 11) is 3.50. The minimum Gasteiger partial charge on any atom is -0.457 e. The molecule has 0 atom stereocenters. The smallest absolute Gasteiger partial charge is 0.432 e. The Kier molecular flexibility index (Phi) is 17.1. The van der Waals surface area contributed by atoms with Crippen LogP contribution >= 0.6 is 12.2 Å². The molecule has 0 fully saturated rings. The van der Waals surface area contributed by atoms with Crippen LogP contribution in [-0.2, 0) is 31.8 Å². The molecule has 5 heterocycles. The van der Waals surface area contributed by atoms with E-state index >= 15 is 0 Å². The SMILES string of the molecule is C.CNc1ccc(Oc2ccnc(-c3ncc(C(F)(F)F)[nH]3)c2)cc1N.Cn1c(Nc2ccc(C(F)(F)F)cc2)nc2cc(Oc3ccnc(-c4ncc(C(F)(F)F)[nH]4)c3)ccc21.FC(F)(F)c1ccc(N=C=S)cc1. The zero-order valence-corrected chi connectivity index (χ0v) is 39.0. The Balaban J connectivity index is 0.000000207. The van der Waals surface area contributed by atoms with Crippen molar-refractivity contribution in [2.75, 3.05) is 23.4 Å². The van der Waals surface area contributed by atoms with Gasteiger partial charge in [0.05, 0.1) is 56.8 Å². The quantitative estimate of drug-likeness (QED) is 0.0380. The summed E-state index contributed by atoms with van der Waals surface area (Å²) in [6, 6.07) is 25.2. The number of benzene rings is 4. The summed E-state index contributed by atoms with van der Waals surface area (Å²) in [5.74, 6) is 1.94. The number of nitrogen functional groups attached to an aromatic ring is 1. The molecule has 0 aliphatic heterocycles. The summed E-state index contributed by atoms with van der Waals surface area (Å²) in [5.41, 5.74) is 6.23. The maximum Gasteiger partial charge on any atom is 0.432 e. The molecule has 5 aromatic heterocycles. The number of ether oxygens (including phenoxy) is 2. The van der Waals surface area contributed by atoms with Crippen molar-refractivity contribution in [1.29, 1.82) is 0 Å². The zero-order valence-electron chi connectivity index (χ0n) is 38.2. The first kappa shape index (κ1) is 56.3. The van der Waals surface area contributed by atoms with E-state index in [1.165, 1.54) is 54.9 Å². The maximum atomic E-state index is 12.9. The van der Waals surface area contributed by atoms with Crippen molar-refractivity contribution >= 4 is 57.1 Å². The fraction of sp³-hybridized carbons (Fsp3) is 0.143. The lowest BCUT2D eigenvalue weighted by Gasteiger charge is -2.10. The molecule has 0 amide bonds. The molecule has 4 aromatic carbocycles. The third-order valence-corrected chi connectivity index (χ3v) is 10.3. The first-order valence-corrected chi connectivity index (χ1v) is 21.5. The number of nitrogens with two attached hydrogens (primary N) is 1. The van der Waals surface area contributed by atoms with E-state index in [0.29, 0.717) is 57.7 Å². The predicted octanol–water partition coefficient (Wildman–Crippen LogP) is 14.9. The highest BCUT2D eigenvalue weighted by molar-refractivity contribution is 7.78. The lowest BCUT2D eigenvalue weighted by Crippen LogP contribution is -2.05. The van der Waals surface area contributed by atoms with Gasteiger partial charge in [0.1, 0.15) is 45.8 Å². The summed E-state index contributed by atoms with van der Waals surface area (Å²) < 4.78 is 164. The number of imidazole rings is 3. The van der Waals surface area contributed by atoms with E-state index < -0.39 is 47.2 Å². The molecule has 6 N–H and O–H groups in total. The van der Waals surface area contributed by atoms with E-state index in [0.717, 1.165) is 41.7 Å². The largest absolute Gasteiger partial charge is 0.457 e. The van der Waals surface area contributed by atoms with E-state index in [9.17, 15) is 52.7 Å². The number of fused-ring (bicyclic) bond motifs is 1. The van der Waals surface area contributed by atoms with Crippen LogP contribution in [0.25, 0.3) is 34.1 Å². The van der Waals surface area contributed by atoms with Crippen LogP contribution in [0.3, 0.4) is 0 Å². The summed E-state index contributed by atoms with van der Waals surface area (Å²) in [6.45, 7) is 0. The van der Waals surface area contributed by atoms with Crippen LogP contribution in [0.2, 0.25) is 0 Å². The van der Waals surface area contributed by atoms with Crippen molar-refractivity contribution < 1.29 is 62.2 Å². The monoisotopic (exact) mass is 1090 g/mol. The van der Waals surface area contributed by atoms with Gasteiger partial charge in [0.2, 0.25) is 5.95 Å². The van der Waals surface area contributed by atoms with Crippen molar-refractivity contribution in [3.05, 3.63) is 156 Å². The van der Waals surface area contributed by atoms with Crippen molar-refractivity contribution in [2.45, 2.75) is 32.1 Å². The van der Waals surface area contributed by atoms with Crippen LogP contribution in [-0.4, -0.2) is 51.7 Å². The highest BCUT2D eigenvalue weighted by atomic mass is 32.1. The molecule has 0 aliphatic carbocycles. The van der Waals surface area contributed by atoms with Crippen molar-refractivity contribution in [3.8, 4) is 46.0 Å². The number of halogens is 12. The predicted molar refractivity (Wildman–Crippen MR) is 262 cm³/mol. The van der Waals surface area contributed by atoms with Gasteiger partial charge in [-0.3, -0.25) is 9.97 Å². The number of nitrogens with one attached hydrogen (secondary N) is 4. The summed E-state index contributed by atoms with van der Waals surface area (Å²) >= 11 is 4.30. The van der Waals surface area contributed by atoms with Crippen LogP contribution < -0.4 is 25.8 Å². The van der Waals surface area contributed by atoms with Gasteiger partial charge in [-0.05, 0) is 97.1 Å². The number of anilines is 4. The van der Waals surface area contributed by atoms with Crippen LogP contribution in [0.5, 0.6) is 23.0 Å². The number of pyridine rings is 2. The molecule has 0 bridgehead atoms. The molecule has 0 spiro atoms. The lowest BCUT2D eigenvalue weighted by atomic mass is 10.2. The van der Waals surface area contributed by atoms with Crippen LogP contribution in [0.4, 0.5) is 81.4 Å². The van der Waals surface area contributed by atoms with Gasteiger partial charge in [0.15, 0.2) is 11.6 Å². The first-order chi connectivity index (χ1) is 35.4. The van der Waals surface area contributed by atoms with Gasteiger partial charge in [0.25, 0.3) is 0 Å². The number of aromatic amines is 2. The van der Waals surface area contributed by atoms with E-state index in [2.05, 4.69) is 67.9 Å². The Morgan fingerprint density at radius 3 is 1.53 bits per heavy atom. The number of alkyl halides is 12. The molecule has 9 aromatic rings. The van der Waals surface area contributed by atoms with Crippen molar-refractivity contribution in [2.24, 2.45) is 12.0 Å². The minimum absolute atomic E-state index is 0. The number of H-pyrrole nitrogens is 2. The molecule has 0 unspecified atom stereocenters. The van der Waals surface area contributed by atoms with Crippen molar-refractivity contribution in [3.63, 3.8) is 0 Å². The van der Waals surface area contributed by atoms with Gasteiger partial charge in [-0.15, -0.1) is 0 Å². The maximum absolute atomic E-state index is 12.9. The number of hydrogen-bond acceptors (Lipinski definition) is 12. The van der Waals surface area contributed by atoms with Gasteiger partial charge >= 0.3 is 24.7 Å². The average molecular weight is 1090 g/mol.